The Morgan fingerprint density at radius 1 is 0.952 bits per heavy atom. The molecular weight excluding hydrogens is 651 g/mol. The number of nitrogens with zero attached hydrogens (tertiary/aromatic N) is 2. The van der Waals surface area contributed by atoms with Crippen molar-refractivity contribution in [1.82, 2.24) is 9.80 Å². The Labute approximate surface area is 260 Å². The van der Waals surface area contributed by atoms with Crippen molar-refractivity contribution in [3.8, 4) is 17.2 Å². The first kappa shape index (κ1) is 29.0. The molecule has 2 aromatic rings. The average Bonchev–Trinajstić information content (AvgIpc) is 3.31. The highest BCUT2D eigenvalue weighted by molar-refractivity contribution is 9.09. The Morgan fingerprint density at radius 3 is 2.19 bits per heavy atom. The zero-order valence-electron chi connectivity index (χ0n) is 22.7. The quantitative estimate of drug-likeness (QED) is 0.210. The molecule has 6 rings (SSSR count). The van der Waals surface area contributed by atoms with Crippen LogP contribution >= 0.6 is 39.1 Å². The SMILES string of the molecule is COc1cc(C2C3=CCC4C(=O)N(Cc5ccccc5)C(=O)C4C3CC3(Cl)C(=O)N(CBr)C(=O)C23Cl)cc(OC)c1O. The van der Waals surface area contributed by atoms with E-state index in [4.69, 9.17) is 32.7 Å². The number of likely N-dealkylation sites (tertiary alicyclic amines) is 2. The number of phenols is 1. The molecule has 0 aromatic heterocycles. The van der Waals surface area contributed by atoms with E-state index in [1.807, 2.05) is 36.4 Å². The van der Waals surface area contributed by atoms with Gasteiger partial charge in [0.2, 0.25) is 17.6 Å². The molecule has 3 fully saturated rings. The number of alkyl halides is 3. The molecule has 0 spiro atoms. The molecule has 1 N–H and O–H groups in total. The van der Waals surface area contributed by atoms with Crippen molar-refractivity contribution >= 4 is 62.8 Å². The fourth-order valence-corrected chi connectivity index (χ4v) is 8.62. The number of ether oxygens (including phenoxy) is 2. The van der Waals surface area contributed by atoms with Gasteiger partial charge in [-0.05, 0) is 42.0 Å². The van der Waals surface area contributed by atoms with Gasteiger partial charge in [0.25, 0.3) is 11.8 Å². The number of phenolic OH excluding ortho intramolecular Hbond substituents is 1. The molecule has 0 bridgehead atoms. The van der Waals surface area contributed by atoms with Gasteiger partial charge in [-0.2, -0.15) is 0 Å². The summed E-state index contributed by atoms with van der Waals surface area (Å²) in [5.41, 5.74) is 1.73. The first-order chi connectivity index (χ1) is 20.0. The molecule has 12 heteroatoms. The second-order valence-corrected chi connectivity index (χ2v) is 12.8. The molecular formula is C30H27BrCl2N2O7. The maximum absolute atomic E-state index is 14.0. The van der Waals surface area contributed by atoms with Crippen LogP contribution in [-0.4, -0.2) is 68.0 Å². The third kappa shape index (κ3) is 3.80. The normalized spacial score (nSPS) is 32.0. The van der Waals surface area contributed by atoms with Crippen molar-refractivity contribution in [3.63, 3.8) is 0 Å². The van der Waals surface area contributed by atoms with Crippen LogP contribution in [0.25, 0.3) is 0 Å². The predicted molar refractivity (Wildman–Crippen MR) is 157 cm³/mol. The van der Waals surface area contributed by atoms with E-state index >= 15 is 0 Å². The van der Waals surface area contributed by atoms with E-state index in [-0.39, 0.29) is 53.9 Å². The molecule has 0 radical (unpaired) electrons. The summed E-state index contributed by atoms with van der Waals surface area (Å²) in [5.74, 6) is -5.20. The minimum atomic E-state index is -1.98. The minimum Gasteiger partial charge on any atom is -0.502 e. The molecule has 2 aromatic carbocycles. The highest BCUT2D eigenvalue weighted by Gasteiger charge is 2.76. The Balaban J connectivity index is 1.51. The van der Waals surface area contributed by atoms with Gasteiger partial charge >= 0.3 is 0 Å². The van der Waals surface area contributed by atoms with Crippen molar-refractivity contribution in [3.05, 3.63) is 65.2 Å². The van der Waals surface area contributed by atoms with Gasteiger partial charge in [0.1, 0.15) is 0 Å². The van der Waals surface area contributed by atoms with Gasteiger partial charge < -0.3 is 14.6 Å². The zero-order valence-corrected chi connectivity index (χ0v) is 25.8. The summed E-state index contributed by atoms with van der Waals surface area (Å²) < 4.78 is 10.8. The maximum atomic E-state index is 14.0. The van der Waals surface area contributed by atoms with E-state index < -0.39 is 45.2 Å². The van der Waals surface area contributed by atoms with E-state index in [2.05, 4.69) is 15.9 Å². The summed E-state index contributed by atoms with van der Waals surface area (Å²) in [6, 6.07) is 12.3. The molecule has 2 saturated heterocycles. The Kier molecular flexibility index (Phi) is 7.10. The average molecular weight is 678 g/mol. The topological polar surface area (TPSA) is 113 Å². The number of allylic oxidation sites excluding steroid dienone is 2. The van der Waals surface area contributed by atoms with Crippen LogP contribution in [0.15, 0.2) is 54.1 Å². The monoisotopic (exact) mass is 676 g/mol. The number of hydrogen-bond acceptors (Lipinski definition) is 7. The molecule has 2 aliphatic carbocycles. The highest BCUT2D eigenvalue weighted by atomic mass is 79.9. The van der Waals surface area contributed by atoms with Gasteiger partial charge in [-0.3, -0.25) is 29.0 Å². The first-order valence-corrected chi connectivity index (χ1v) is 15.2. The standard InChI is InChI=1S/C30H27BrCl2N2O7/c1-41-20-10-16(11-21(42-2)24(20)36)23-17-8-9-18-22(26(38)34(25(18)37)13-15-6-4-3-5-7-15)19(17)12-29(32)27(39)35(14-31)28(40)30(23,29)33/h3-8,10-11,18-19,22-23,36H,9,12-14H2,1-2H3. The summed E-state index contributed by atoms with van der Waals surface area (Å²) in [5, 5.41) is 10.6. The number of aromatic hydroxyl groups is 1. The van der Waals surface area contributed by atoms with Crippen LogP contribution in [0.3, 0.4) is 0 Å². The number of hydrogen-bond donors (Lipinski definition) is 1. The van der Waals surface area contributed by atoms with E-state index in [9.17, 15) is 24.3 Å². The Bertz CT molecular complexity index is 1530. The second kappa shape index (κ2) is 10.3. The lowest BCUT2D eigenvalue weighted by molar-refractivity contribution is -0.141. The number of fused-ring (bicyclic) bond motifs is 4. The van der Waals surface area contributed by atoms with E-state index in [0.29, 0.717) is 11.1 Å². The number of benzene rings is 2. The van der Waals surface area contributed by atoms with Gasteiger partial charge in [0.15, 0.2) is 21.2 Å². The van der Waals surface area contributed by atoms with Crippen LogP contribution < -0.4 is 9.47 Å². The molecule has 220 valence electrons. The van der Waals surface area contributed by atoms with Crippen LogP contribution in [0.5, 0.6) is 17.2 Å². The van der Waals surface area contributed by atoms with Crippen LogP contribution in [0.1, 0.15) is 29.9 Å². The lowest BCUT2D eigenvalue weighted by Crippen LogP contribution is -2.60. The third-order valence-electron chi connectivity index (χ3n) is 9.13. The first-order valence-electron chi connectivity index (χ1n) is 13.4. The fraction of sp³-hybridized carbons (Fsp3) is 0.400. The van der Waals surface area contributed by atoms with E-state index in [1.54, 1.807) is 0 Å². The largest absolute Gasteiger partial charge is 0.502 e. The Morgan fingerprint density at radius 2 is 1.60 bits per heavy atom. The second-order valence-electron chi connectivity index (χ2n) is 11.0. The lowest BCUT2D eigenvalue weighted by Gasteiger charge is -2.50. The Hall–Kier alpha value is -3.08. The van der Waals surface area contributed by atoms with Gasteiger partial charge in [-0.25, -0.2) is 0 Å². The third-order valence-corrected chi connectivity index (χ3v) is 11.0. The van der Waals surface area contributed by atoms with Gasteiger partial charge in [-0.15, -0.1) is 23.2 Å². The molecule has 4 amide bonds. The number of methoxy groups -OCH3 is 2. The molecule has 1 saturated carbocycles. The van der Waals surface area contributed by atoms with Gasteiger partial charge in [-0.1, -0.05) is 57.9 Å². The highest BCUT2D eigenvalue weighted by Crippen LogP contribution is 2.66. The molecule has 9 nitrogen and oxygen atoms in total. The van der Waals surface area contributed by atoms with E-state index in [0.717, 1.165) is 10.5 Å². The van der Waals surface area contributed by atoms with Crippen molar-refractivity contribution < 1.29 is 33.8 Å². The molecule has 6 unspecified atom stereocenters. The maximum Gasteiger partial charge on any atom is 0.254 e. The molecule has 6 atom stereocenters. The number of carbonyl (C=O) groups is 4. The van der Waals surface area contributed by atoms with Crippen molar-refractivity contribution in [2.75, 3.05) is 19.7 Å². The van der Waals surface area contributed by atoms with E-state index in [1.165, 1.54) is 31.3 Å². The number of halogens is 3. The summed E-state index contributed by atoms with van der Waals surface area (Å²) in [6.45, 7) is 0.129. The summed E-state index contributed by atoms with van der Waals surface area (Å²) >= 11 is 17.7. The van der Waals surface area contributed by atoms with Gasteiger partial charge in [0, 0.05) is 5.92 Å². The molecule has 42 heavy (non-hydrogen) atoms. The summed E-state index contributed by atoms with van der Waals surface area (Å²) in [4.78, 5) is 53.7. The lowest BCUT2D eigenvalue weighted by atomic mass is 9.56. The number of imide groups is 2. The number of rotatable bonds is 6. The molecule has 2 heterocycles. The van der Waals surface area contributed by atoms with Crippen LogP contribution in [0, 0.1) is 17.8 Å². The summed E-state index contributed by atoms with van der Waals surface area (Å²) in [7, 11) is 2.74. The summed E-state index contributed by atoms with van der Waals surface area (Å²) in [6.07, 6.45) is 2.00. The predicted octanol–water partition coefficient (Wildman–Crippen LogP) is 4.32. The van der Waals surface area contributed by atoms with Crippen LogP contribution in [0.2, 0.25) is 0 Å². The van der Waals surface area contributed by atoms with Crippen LogP contribution in [0.4, 0.5) is 0 Å². The molecule has 4 aliphatic rings. The minimum absolute atomic E-state index is 0.0662. The smallest absolute Gasteiger partial charge is 0.254 e. The van der Waals surface area contributed by atoms with Gasteiger partial charge in [0.05, 0.1) is 38.1 Å². The van der Waals surface area contributed by atoms with Crippen LogP contribution in [-0.2, 0) is 25.7 Å². The molecule has 2 aliphatic heterocycles. The zero-order chi connectivity index (χ0) is 30.1. The van der Waals surface area contributed by atoms with Crippen molar-refractivity contribution in [1.29, 1.82) is 0 Å². The fourth-order valence-electron chi connectivity index (χ4n) is 7.19. The number of carbonyl (C=O) groups excluding carboxylic acids is 4. The van der Waals surface area contributed by atoms with Crippen molar-refractivity contribution in [2.45, 2.75) is 35.1 Å². The number of amides is 4. The van der Waals surface area contributed by atoms with Crippen molar-refractivity contribution in [2.24, 2.45) is 17.8 Å².